The lowest BCUT2D eigenvalue weighted by Crippen LogP contribution is -2.06. The minimum absolute atomic E-state index is 0.291. The summed E-state index contributed by atoms with van der Waals surface area (Å²) >= 11 is 3.17. The van der Waals surface area contributed by atoms with Crippen LogP contribution in [0.3, 0.4) is 0 Å². The van der Waals surface area contributed by atoms with Crippen molar-refractivity contribution in [2.24, 2.45) is 0 Å². The Morgan fingerprint density at radius 3 is 2.43 bits per heavy atom. The van der Waals surface area contributed by atoms with Crippen molar-refractivity contribution in [2.75, 3.05) is 5.32 Å². The van der Waals surface area contributed by atoms with Crippen molar-refractivity contribution in [1.82, 2.24) is 0 Å². The molecule has 0 bridgehead atoms. The molecule has 0 radical (unpaired) electrons. The molecule has 0 spiro atoms. The van der Waals surface area contributed by atoms with Gasteiger partial charge in [-0.25, -0.2) is 4.39 Å². The van der Waals surface area contributed by atoms with Gasteiger partial charge < -0.3 is 5.32 Å². The number of benzene rings is 2. The van der Waals surface area contributed by atoms with Crippen LogP contribution in [-0.2, 0) is 6.18 Å². The third-order valence-corrected chi connectivity index (χ3v) is 3.06. The molecule has 0 saturated heterocycles. The molecule has 0 heterocycles. The zero-order chi connectivity index (χ0) is 15.6. The number of nitriles is 1. The second-order valence-corrected chi connectivity index (χ2v) is 5.07. The summed E-state index contributed by atoms with van der Waals surface area (Å²) in [5.74, 6) is -0.818. The number of alkyl halides is 3. The third kappa shape index (κ3) is 3.73. The molecule has 2 rings (SSSR count). The predicted molar refractivity (Wildman–Crippen MR) is 73.5 cm³/mol. The van der Waals surface area contributed by atoms with Gasteiger partial charge in [-0.3, -0.25) is 0 Å². The highest BCUT2D eigenvalue weighted by Crippen LogP contribution is 2.33. The summed E-state index contributed by atoms with van der Waals surface area (Å²) in [7, 11) is 0. The Morgan fingerprint density at radius 1 is 1.10 bits per heavy atom. The molecule has 0 aromatic heterocycles. The fraction of sp³-hybridized carbons (Fsp3) is 0.0714. The maximum absolute atomic E-state index is 13.6. The minimum Gasteiger partial charge on any atom is -0.353 e. The topological polar surface area (TPSA) is 35.8 Å². The molecular formula is C14H7BrF4N2. The van der Waals surface area contributed by atoms with Crippen molar-refractivity contribution in [3.05, 3.63) is 57.8 Å². The van der Waals surface area contributed by atoms with Crippen LogP contribution in [0.5, 0.6) is 0 Å². The number of halogens is 5. The molecule has 2 nitrogen and oxygen atoms in total. The summed E-state index contributed by atoms with van der Waals surface area (Å²) in [4.78, 5) is 0. The van der Waals surface area contributed by atoms with Crippen LogP contribution in [0.25, 0.3) is 0 Å². The van der Waals surface area contributed by atoms with Crippen molar-refractivity contribution < 1.29 is 17.6 Å². The molecule has 1 N–H and O–H groups in total. The fourth-order valence-electron chi connectivity index (χ4n) is 1.68. The highest BCUT2D eigenvalue weighted by molar-refractivity contribution is 9.10. The Bertz CT molecular complexity index is 720. The Balaban J connectivity index is 2.40. The Labute approximate surface area is 126 Å². The first-order valence-electron chi connectivity index (χ1n) is 5.64. The van der Waals surface area contributed by atoms with E-state index < -0.39 is 17.6 Å². The molecule has 108 valence electrons. The minimum atomic E-state index is -4.56. The van der Waals surface area contributed by atoms with Crippen LogP contribution in [0.2, 0.25) is 0 Å². The van der Waals surface area contributed by atoms with Crippen molar-refractivity contribution in [1.29, 1.82) is 5.26 Å². The Hall–Kier alpha value is -2.07. The van der Waals surface area contributed by atoms with Crippen LogP contribution in [-0.4, -0.2) is 0 Å². The number of rotatable bonds is 2. The number of hydrogen-bond donors (Lipinski definition) is 1. The molecule has 0 unspecified atom stereocenters. The third-order valence-electron chi connectivity index (χ3n) is 2.60. The summed E-state index contributed by atoms with van der Waals surface area (Å²) < 4.78 is 52.0. The van der Waals surface area contributed by atoms with E-state index in [-0.39, 0.29) is 5.69 Å². The van der Waals surface area contributed by atoms with Gasteiger partial charge in [-0.2, -0.15) is 18.4 Å². The molecule has 0 atom stereocenters. The van der Waals surface area contributed by atoms with Crippen LogP contribution in [0, 0.1) is 17.1 Å². The molecule has 0 saturated carbocycles. The van der Waals surface area contributed by atoms with Gasteiger partial charge in [-0.1, -0.05) is 15.9 Å². The molecule has 2 aromatic carbocycles. The van der Waals surface area contributed by atoms with Gasteiger partial charge in [0.1, 0.15) is 5.82 Å². The highest BCUT2D eigenvalue weighted by atomic mass is 79.9. The van der Waals surface area contributed by atoms with Crippen LogP contribution in [0.1, 0.15) is 11.1 Å². The number of nitrogens with one attached hydrogen (secondary N) is 1. The zero-order valence-corrected chi connectivity index (χ0v) is 11.9. The first-order chi connectivity index (χ1) is 9.79. The summed E-state index contributed by atoms with van der Waals surface area (Å²) in [6, 6.07) is 8.47. The molecule has 0 fully saturated rings. The van der Waals surface area contributed by atoms with E-state index in [0.29, 0.717) is 27.9 Å². The van der Waals surface area contributed by atoms with Gasteiger partial charge in [-0.05, 0) is 36.4 Å². The average molecular weight is 359 g/mol. The average Bonchev–Trinajstić information content (AvgIpc) is 2.39. The number of anilines is 2. The summed E-state index contributed by atoms with van der Waals surface area (Å²) in [5, 5.41) is 11.4. The van der Waals surface area contributed by atoms with E-state index in [4.69, 9.17) is 5.26 Å². The SMILES string of the molecule is N#Cc1cc(Br)cc(Nc2cc(C(F)(F)F)ccc2F)c1. The molecule has 0 aliphatic carbocycles. The molecule has 0 aliphatic rings. The van der Waals surface area contributed by atoms with E-state index in [1.54, 1.807) is 0 Å². The van der Waals surface area contributed by atoms with Crippen LogP contribution < -0.4 is 5.32 Å². The highest BCUT2D eigenvalue weighted by Gasteiger charge is 2.31. The summed E-state index contributed by atoms with van der Waals surface area (Å²) in [5.41, 5.74) is -0.674. The number of hydrogen-bond acceptors (Lipinski definition) is 2. The molecule has 21 heavy (non-hydrogen) atoms. The lowest BCUT2D eigenvalue weighted by Gasteiger charge is -2.12. The van der Waals surface area contributed by atoms with Crippen LogP contribution >= 0.6 is 15.9 Å². The normalized spacial score (nSPS) is 11.0. The maximum atomic E-state index is 13.6. The van der Waals surface area contributed by atoms with E-state index in [0.717, 1.165) is 6.07 Å². The van der Waals surface area contributed by atoms with Gasteiger partial charge in [0.05, 0.1) is 22.9 Å². The quantitative estimate of drug-likeness (QED) is 0.746. The van der Waals surface area contributed by atoms with Gasteiger partial charge in [0.2, 0.25) is 0 Å². The first-order valence-corrected chi connectivity index (χ1v) is 6.43. The van der Waals surface area contributed by atoms with Crippen molar-refractivity contribution in [3.63, 3.8) is 0 Å². The van der Waals surface area contributed by atoms with Crippen molar-refractivity contribution in [2.45, 2.75) is 6.18 Å². The second kappa shape index (κ2) is 5.74. The van der Waals surface area contributed by atoms with Gasteiger partial charge in [-0.15, -0.1) is 0 Å². The predicted octanol–water partition coefficient (Wildman–Crippen LogP) is 5.22. The van der Waals surface area contributed by atoms with E-state index in [1.165, 1.54) is 18.2 Å². The summed E-state index contributed by atoms with van der Waals surface area (Å²) in [6.07, 6.45) is -4.56. The second-order valence-electron chi connectivity index (χ2n) is 4.16. The van der Waals surface area contributed by atoms with Gasteiger partial charge in [0.25, 0.3) is 0 Å². The largest absolute Gasteiger partial charge is 0.416 e. The fourth-order valence-corrected chi connectivity index (χ4v) is 2.17. The first kappa shape index (κ1) is 15.3. The van der Waals surface area contributed by atoms with E-state index in [9.17, 15) is 17.6 Å². The molecular weight excluding hydrogens is 352 g/mol. The Kier molecular flexibility index (Phi) is 4.19. The van der Waals surface area contributed by atoms with Crippen molar-refractivity contribution in [3.8, 4) is 6.07 Å². The van der Waals surface area contributed by atoms with E-state index >= 15 is 0 Å². The van der Waals surface area contributed by atoms with E-state index in [1.807, 2.05) is 6.07 Å². The molecule has 0 amide bonds. The monoisotopic (exact) mass is 358 g/mol. The molecule has 7 heteroatoms. The Morgan fingerprint density at radius 2 is 1.81 bits per heavy atom. The standard InChI is InChI=1S/C14H7BrF4N2/c15-10-3-8(7-20)4-11(6-10)21-13-5-9(14(17,18)19)1-2-12(13)16/h1-6,21H. The number of nitrogens with zero attached hydrogens (tertiary/aromatic N) is 1. The van der Waals surface area contributed by atoms with Gasteiger partial charge in [0, 0.05) is 10.2 Å². The smallest absolute Gasteiger partial charge is 0.353 e. The van der Waals surface area contributed by atoms with Gasteiger partial charge >= 0.3 is 6.18 Å². The van der Waals surface area contributed by atoms with Crippen LogP contribution in [0.15, 0.2) is 40.9 Å². The van der Waals surface area contributed by atoms with Crippen LogP contribution in [0.4, 0.5) is 28.9 Å². The lowest BCUT2D eigenvalue weighted by atomic mass is 10.1. The molecule has 0 aliphatic heterocycles. The van der Waals surface area contributed by atoms with Gasteiger partial charge in [0.15, 0.2) is 0 Å². The zero-order valence-electron chi connectivity index (χ0n) is 10.3. The summed E-state index contributed by atoms with van der Waals surface area (Å²) in [6.45, 7) is 0. The van der Waals surface area contributed by atoms with Crippen molar-refractivity contribution >= 4 is 27.3 Å². The lowest BCUT2D eigenvalue weighted by molar-refractivity contribution is -0.137. The van der Waals surface area contributed by atoms with E-state index in [2.05, 4.69) is 21.2 Å². The maximum Gasteiger partial charge on any atom is 0.416 e. The molecule has 2 aromatic rings.